The van der Waals surface area contributed by atoms with Gasteiger partial charge in [-0.3, -0.25) is 28.8 Å². The summed E-state index contributed by atoms with van der Waals surface area (Å²) in [7, 11) is 1.92. The molecule has 0 aromatic carbocycles. The lowest BCUT2D eigenvalue weighted by Gasteiger charge is -2.49. The molecular formula is C15H16O10. The van der Waals surface area contributed by atoms with Crippen LogP contribution in [0.15, 0.2) is 0 Å². The van der Waals surface area contributed by atoms with Crippen molar-refractivity contribution in [3.05, 3.63) is 0 Å². The van der Waals surface area contributed by atoms with Gasteiger partial charge >= 0.3 is 23.9 Å². The topological polar surface area (TPSA) is 161 Å². The lowest BCUT2D eigenvalue weighted by atomic mass is 9.48. The quantitative estimate of drug-likeness (QED) is 0.474. The summed E-state index contributed by atoms with van der Waals surface area (Å²) in [6.45, 7) is 0. The summed E-state index contributed by atoms with van der Waals surface area (Å²) >= 11 is 0. The Hall–Kier alpha value is -2.78. The number of methoxy groups -OCH3 is 2. The number of hydrogen-bond acceptors (Lipinski definition) is 8. The highest BCUT2D eigenvalue weighted by Gasteiger charge is 2.71. The zero-order chi connectivity index (χ0) is 19.2. The molecule has 4 atom stereocenters. The molecule has 0 saturated heterocycles. The van der Waals surface area contributed by atoms with Crippen molar-refractivity contribution in [2.24, 2.45) is 22.7 Å². The fourth-order valence-corrected chi connectivity index (χ4v) is 3.79. The second-order valence-corrected chi connectivity index (χ2v) is 6.24. The maximum Gasteiger partial charge on any atom is 0.317 e. The van der Waals surface area contributed by atoms with E-state index in [4.69, 9.17) is 0 Å². The predicted octanol–water partition coefficient (Wildman–Crippen LogP) is -0.957. The molecule has 0 aromatic heterocycles. The van der Waals surface area contributed by atoms with E-state index in [1.54, 1.807) is 0 Å². The predicted molar refractivity (Wildman–Crippen MR) is 75.0 cm³/mol. The van der Waals surface area contributed by atoms with E-state index in [1.165, 1.54) is 0 Å². The minimum absolute atomic E-state index is 0.755. The molecule has 0 unspecified atom stereocenters. The Labute approximate surface area is 141 Å². The molecule has 2 aliphatic rings. The van der Waals surface area contributed by atoms with Gasteiger partial charge in [0.15, 0.2) is 11.6 Å². The van der Waals surface area contributed by atoms with Crippen molar-refractivity contribution in [2.45, 2.75) is 19.3 Å². The standard InChI is InChI=1S/C15H16O10/c1-24-10(18)6-3-14(12(20)21)5-15(8(6)16,13(22)23)4-7(9(14)17)11(19)25-2/h6-7H,3-5H2,1-2H3,(H,20,21)(H,22,23)/t6-,7-,14+,15+/m0/s1. The van der Waals surface area contributed by atoms with Crippen molar-refractivity contribution >= 4 is 35.4 Å². The highest BCUT2D eigenvalue weighted by molar-refractivity contribution is 6.20. The van der Waals surface area contributed by atoms with Crippen molar-refractivity contribution in [3.63, 3.8) is 0 Å². The number of fused-ring (bicyclic) bond motifs is 2. The number of carbonyl (C=O) groups is 6. The molecule has 25 heavy (non-hydrogen) atoms. The third kappa shape index (κ3) is 2.39. The molecule has 2 fully saturated rings. The van der Waals surface area contributed by atoms with Gasteiger partial charge in [-0.25, -0.2) is 0 Å². The lowest BCUT2D eigenvalue weighted by Crippen LogP contribution is -2.65. The Morgan fingerprint density at radius 2 is 1.16 bits per heavy atom. The minimum atomic E-state index is -2.36. The van der Waals surface area contributed by atoms with Gasteiger partial charge in [0.1, 0.15) is 22.7 Å². The van der Waals surface area contributed by atoms with Gasteiger partial charge in [0.2, 0.25) is 0 Å². The third-order valence-electron chi connectivity index (χ3n) is 5.08. The Bertz CT molecular complexity index is 636. The number of carboxylic acids is 2. The number of carbonyl (C=O) groups excluding carboxylic acids is 4. The average molecular weight is 356 g/mol. The summed E-state index contributed by atoms with van der Waals surface area (Å²) in [6, 6.07) is 0. The van der Waals surface area contributed by atoms with Gasteiger partial charge in [0.05, 0.1) is 14.2 Å². The Morgan fingerprint density at radius 3 is 1.40 bits per heavy atom. The molecule has 0 radical (unpaired) electrons. The van der Waals surface area contributed by atoms with E-state index in [1.807, 2.05) is 0 Å². The maximum atomic E-state index is 12.7. The summed E-state index contributed by atoms with van der Waals surface area (Å²) < 4.78 is 8.91. The van der Waals surface area contributed by atoms with Gasteiger partial charge in [-0.15, -0.1) is 0 Å². The van der Waals surface area contributed by atoms with Crippen LogP contribution in [0.1, 0.15) is 19.3 Å². The highest BCUT2D eigenvalue weighted by Crippen LogP contribution is 2.56. The molecule has 2 bridgehead atoms. The second-order valence-electron chi connectivity index (χ2n) is 6.24. The van der Waals surface area contributed by atoms with E-state index >= 15 is 0 Å². The number of Topliss-reactive ketones (excluding diaryl/α,β-unsaturated/α-hetero) is 2. The fourth-order valence-electron chi connectivity index (χ4n) is 3.79. The average Bonchev–Trinajstić information content (AvgIpc) is 2.58. The number of ether oxygens (including phenoxy) is 2. The van der Waals surface area contributed by atoms with Gasteiger partial charge < -0.3 is 19.7 Å². The monoisotopic (exact) mass is 356 g/mol. The summed E-state index contributed by atoms with van der Waals surface area (Å²) in [4.78, 5) is 72.9. The van der Waals surface area contributed by atoms with E-state index in [0.717, 1.165) is 14.2 Å². The molecule has 0 aromatic rings. The van der Waals surface area contributed by atoms with Crippen LogP contribution in [-0.4, -0.2) is 59.9 Å². The maximum absolute atomic E-state index is 12.7. The lowest BCUT2D eigenvalue weighted by molar-refractivity contribution is -0.186. The summed E-state index contributed by atoms with van der Waals surface area (Å²) in [5.41, 5.74) is -4.72. The minimum Gasteiger partial charge on any atom is -0.480 e. The fraction of sp³-hybridized carbons (Fsp3) is 0.600. The molecule has 0 spiro atoms. The molecule has 0 aliphatic heterocycles. The van der Waals surface area contributed by atoms with Crippen LogP contribution in [0.4, 0.5) is 0 Å². The van der Waals surface area contributed by atoms with Gasteiger partial charge in [-0.2, -0.15) is 0 Å². The molecule has 10 nitrogen and oxygen atoms in total. The van der Waals surface area contributed by atoms with E-state index in [9.17, 15) is 39.0 Å². The summed E-state index contributed by atoms with van der Waals surface area (Å²) in [5, 5.41) is 19.2. The van der Waals surface area contributed by atoms with Gasteiger partial charge in [0, 0.05) is 0 Å². The van der Waals surface area contributed by atoms with Crippen LogP contribution in [0.3, 0.4) is 0 Å². The molecule has 2 rings (SSSR count). The number of rotatable bonds is 4. The van der Waals surface area contributed by atoms with Crippen LogP contribution in [0.5, 0.6) is 0 Å². The first-order valence-corrected chi connectivity index (χ1v) is 7.28. The van der Waals surface area contributed by atoms with Crippen molar-refractivity contribution in [2.75, 3.05) is 14.2 Å². The van der Waals surface area contributed by atoms with Crippen LogP contribution < -0.4 is 0 Å². The first-order chi connectivity index (χ1) is 11.6. The number of carboxylic acid groups (broad SMARTS) is 2. The van der Waals surface area contributed by atoms with Crippen LogP contribution in [0, 0.1) is 22.7 Å². The molecule has 2 saturated carbocycles. The van der Waals surface area contributed by atoms with Crippen molar-refractivity contribution < 1.29 is 48.5 Å². The third-order valence-corrected chi connectivity index (χ3v) is 5.08. The highest BCUT2D eigenvalue weighted by atomic mass is 16.5. The van der Waals surface area contributed by atoms with Crippen LogP contribution >= 0.6 is 0 Å². The Kier molecular flexibility index (Phi) is 4.41. The van der Waals surface area contributed by atoms with E-state index < -0.39 is 77.4 Å². The summed E-state index contributed by atoms with van der Waals surface area (Å²) in [6.07, 6.45) is -2.33. The van der Waals surface area contributed by atoms with Crippen LogP contribution in [0.2, 0.25) is 0 Å². The SMILES string of the molecule is COC(=O)[C@H]1C[C@@]2(C(=O)O)C[C@](C(=O)O)(C[C@H](C(=O)OC)C2=O)C1=O. The number of hydrogen-bond donors (Lipinski definition) is 2. The van der Waals surface area contributed by atoms with Gasteiger partial charge in [-0.1, -0.05) is 0 Å². The first kappa shape index (κ1) is 18.6. The molecule has 2 aliphatic carbocycles. The summed E-state index contributed by atoms with van der Waals surface area (Å²) in [5.74, 6) is -11.2. The largest absolute Gasteiger partial charge is 0.480 e. The molecule has 0 amide bonds. The van der Waals surface area contributed by atoms with E-state index in [0.29, 0.717) is 0 Å². The van der Waals surface area contributed by atoms with E-state index in [-0.39, 0.29) is 0 Å². The molecule has 10 heteroatoms. The number of ketones is 2. The zero-order valence-corrected chi connectivity index (χ0v) is 13.4. The molecule has 136 valence electrons. The molecule has 0 heterocycles. The second kappa shape index (κ2) is 5.94. The van der Waals surface area contributed by atoms with Crippen molar-refractivity contribution in [1.29, 1.82) is 0 Å². The Balaban J connectivity index is 2.71. The molecule has 2 N–H and O–H groups in total. The Morgan fingerprint density at radius 1 is 0.840 bits per heavy atom. The smallest absolute Gasteiger partial charge is 0.317 e. The van der Waals surface area contributed by atoms with Gasteiger partial charge in [-0.05, 0) is 19.3 Å². The molecular weight excluding hydrogens is 340 g/mol. The zero-order valence-electron chi connectivity index (χ0n) is 13.4. The number of esters is 2. The van der Waals surface area contributed by atoms with Crippen molar-refractivity contribution in [1.82, 2.24) is 0 Å². The van der Waals surface area contributed by atoms with Gasteiger partial charge in [0.25, 0.3) is 0 Å². The normalized spacial score (nSPS) is 34.2. The van der Waals surface area contributed by atoms with Crippen LogP contribution in [0.25, 0.3) is 0 Å². The van der Waals surface area contributed by atoms with Crippen molar-refractivity contribution in [3.8, 4) is 0 Å². The van der Waals surface area contributed by atoms with Crippen LogP contribution in [-0.2, 0) is 38.2 Å². The van der Waals surface area contributed by atoms with E-state index in [2.05, 4.69) is 9.47 Å². The number of aliphatic carboxylic acids is 2. The first-order valence-electron chi connectivity index (χ1n) is 7.28.